The molecule has 20 heavy (non-hydrogen) atoms. The first-order chi connectivity index (χ1) is 9.86. The smallest absolute Gasteiger partial charge is 0.267 e. The van der Waals surface area contributed by atoms with Gasteiger partial charge in [-0.1, -0.05) is 19.3 Å². The third-order valence-electron chi connectivity index (χ3n) is 3.98. The van der Waals surface area contributed by atoms with Crippen LogP contribution in [0.25, 0.3) is 0 Å². The van der Waals surface area contributed by atoms with E-state index in [0.29, 0.717) is 5.69 Å². The van der Waals surface area contributed by atoms with Gasteiger partial charge in [0.25, 0.3) is 5.91 Å². The van der Waals surface area contributed by atoms with Crippen molar-refractivity contribution in [2.75, 3.05) is 26.2 Å². The number of aromatic amines is 1. The maximum atomic E-state index is 11.7. The Kier molecular flexibility index (Phi) is 6.64. The standard InChI is InChI=1S/C16H27N3O/c20-16(15-9-8-11-17-15)18-10-4-1-2-5-12-19-13-6-3-7-14-19/h8-9,11,17H,1-7,10,12-14H2,(H,18,20). The van der Waals surface area contributed by atoms with Gasteiger partial charge in [-0.25, -0.2) is 0 Å². The van der Waals surface area contributed by atoms with Gasteiger partial charge in [-0.15, -0.1) is 0 Å². The molecule has 0 radical (unpaired) electrons. The number of unbranched alkanes of at least 4 members (excludes halogenated alkanes) is 3. The van der Waals surface area contributed by atoms with E-state index in [9.17, 15) is 4.79 Å². The molecule has 2 N–H and O–H groups in total. The molecule has 0 aromatic carbocycles. The zero-order valence-corrected chi connectivity index (χ0v) is 12.4. The average molecular weight is 277 g/mol. The normalized spacial score (nSPS) is 16.2. The summed E-state index contributed by atoms with van der Waals surface area (Å²) in [4.78, 5) is 17.2. The van der Waals surface area contributed by atoms with E-state index in [1.54, 1.807) is 12.3 Å². The molecule has 0 atom stereocenters. The lowest BCUT2D eigenvalue weighted by atomic mass is 10.1. The summed E-state index contributed by atoms with van der Waals surface area (Å²) in [5.41, 5.74) is 0.648. The molecular formula is C16H27N3O. The molecule has 4 nitrogen and oxygen atoms in total. The van der Waals surface area contributed by atoms with Crippen LogP contribution in [0, 0.1) is 0 Å². The van der Waals surface area contributed by atoms with Crippen molar-refractivity contribution in [1.29, 1.82) is 0 Å². The molecule has 1 aliphatic heterocycles. The zero-order valence-electron chi connectivity index (χ0n) is 12.4. The number of hydrogen-bond donors (Lipinski definition) is 2. The number of rotatable bonds is 8. The van der Waals surface area contributed by atoms with Gasteiger partial charge in [0.1, 0.15) is 5.69 Å². The van der Waals surface area contributed by atoms with E-state index in [0.717, 1.165) is 13.0 Å². The molecule has 1 saturated heterocycles. The number of nitrogens with one attached hydrogen (secondary N) is 2. The SMILES string of the molecule is O=C(NCCCCCCN1CCCCC1)c1ccc[nH]1. The topological polar surface area (TPSA) is 48.1 Å². The number of carbonyl (C=O) groups is 1. The number of amides is 1. The summed E-state index contributed by atoms with van der Waals surface area (Å²) in [5, 5.41) is 2.94. The molecule has 1 aliphatic rings. The summed E-state index contributed by atoms with van der Waals surface area (Å²) in [6, 6.07) is 3.64. The fraction of sp³-hybridized carbons (Fsp3) is 0.688. The maximum absolute atomic E-state index is 11.7. The van der Waals surface area contributed by atoms with Gasteiger partial charge in [0.2, 0.25) is 0 Å². The summed E-state index contributed by atoms with van der Waals surface area (Å²) in [6.07, 6.45) is 10.8. The van der Waals surface area contributed by atoms with E-state index in [4.69, 9.17) is 0 Å². The average Bonchev–Trinajstić information content (AvgIpc) is 3.01. The maximum Gasteiger partial charge on any atom is 0.267 e. The van der Waals surface area contributed by atoms with Crippen molar-refractivity contribution in [3.05, 3.63) is 24.0 Å². The second kappa shape index (κ2) is 8.80. The number of aromatic nitrogens is 1. The molecule has 0 saturated carbocycles. The van der Waals surface area contributed by atoms with Gasteiger partial charge in [0.15, 0.2) is 0 Å². The van der Waals surface area contributed by atoms with E-state index in [2.05, 4.69) is 15.2 Å². The highest BCUT2D eigenvalue weighted by Crippen LogP contribution is 2.10. The molecule has 2 rings (SSSR count). The Hall–Kier alpha value is -1.29. The zero-order chi connectivity index (χ0) is 14.0. The van der Waals surface area contributed by atoms with Crippen molar-refractivity contribution < 1.29 is 4.79 Å². The second-order valence-corrected chi connectivity index (χ2v) is 5.66. The Balaban J connectivity index is 1.42. The van der Waals surface area contributed by atoms with E-state index in [-0.39, 0.29) is 5.91 Å². The van der Waals surface area contributed by atoms with Gasteiger partial charge in [0, 0.05) is 12.7 Å². The lowest BCUT2D eigenvalue weighted by Gasteiger charge is -2.26. The van der Waals surface area contributed by atoms with Crippen LogP contribution in [0.1, 0.15) is 55.4 Å². The Morgan fingerprint density at radius 3 is 2.70 bits per heavy atom. The predicted octanol–water partition coefficient (Wildman–Crippen LogP) is 2.79. The summed E-state index contributed by atoms with van der Waals surface area (Å²) in [7, 11) is 0. The summed E-state index contributed by atoms with van der Waals surface area (Å²) in [6.45, 7) is 4.63. The summed E-state index contributed by atoms with van der Waals surface area (Å²) in [5.74, 6) is 0.00307. The minimum Gasteiger partial charge on any atom is -0.357 e. The van der Waals surface area contributed by atoms with Crippen molar-refractivity contribution in [1.82, 2.24) is 15.2 Å². The molecular weight excluding hydrogens is 250 g/mol. The molecule has 2 heterocycles. The molecule has 1 amide bonds. The molecule has 1 fully saturated rings. The highest BCUT2D eigenvalue weighted by atomic mass is 16.1. The van der Waals surface area contributed by atoms with Gasteiger partial charge < -0.3 is 15.2 Å². The molecule has 0 bridgehead atoms. The van der Waals surface area contributed by atoms with Crippen molar-refractivity contribution in [2.24, 2.45) is 0 Å². The van der Waals surface area contributed by atoms with Crippen LogP contribution in [0.5, 0.6) is 0 Å². The van der Waals surface area contributed by atoms with Crippen LogP contribution < -0.4 is 5.32 Å². The van der Waals surface area contributed by atoms with Crippen LogP contribution in [-0.4, -0.2) is 42.0 Å². The lowest BCUT2D eigenvalue weighted by Crippen LogP contribution is -2.30. The molecule has 1 aromatic heterocycles. The highest BCUT2D eigenvalue weighted by molar-refractivity contribution is 5.92. The van der Waals surface area contributed by atoms with E-state index >= 15 is 0 Å². The fourth-order valence-corrected chi connectivity index (χ4v) is 2.77. The number of H-pyrrole nitrogens is 1. The first-order valence-electron chi connectivity index (χ1n) is 8.00. The van der Waals surface area contributed by atoms with E-state index in [1.165, 1.54) is 58.2 Å². The molecule has 0 spiro atoms. The molecule has 0 aliphatic carbocycles. The highest BCUT2D eigenvalue weighted by Gasteiger charge is 2.08. The molecule has 4 heteroatoms. The third-order valence-corrected chi connectivity index (χ3v) is 3.98. The van der Waals surface area contributed by atoms with Crippen molar-refractivity contribution in [3.8, 4) is 0 Å². The summed E-state index contributed by atoms with van der Waals surface area (Å²) < 4.78 is 0. The first kappa shape index (κ1) is 15.1. The van der Waals surface area contributed by atoms with E-state index < -0.39 is 0 Å². The van der Waals surface area contributed by atoms with Crippen molar-refractivity contribution in [3.63, 3.8) is 0 Å². The minimum absolute atomic E-state index is 0.00307. The fourth-order valence-electron chi connectivity index (χ4n) is 2.77. The number of hydrogen-bond acceptors (Lipinski definition) is 2. The molecule has 0 unspecified atom stereocenters. The predicted molar refractivity (Wildman–Crippen MR) is 81.9 cm³/mol. The van der Waals surface area contributed by atoms with Gasteiger partial charge in [-0.3, -0.25) is 4.79 Å². The van der Waals surface area contributed by atoms with Gasteiger partial charge in [-0.05, 0) is 57.5 Å². The Morgan fingerprint density at radius 1 is 1.15 bits per heavy atom. The van der Waals surface area contributed by atoms with E-state index in [1.807, 2.05) is 6.07 Å². The number of carbonyl (C=O) groups excluding carboxylic acids is 1. The van der Waals surface area contributed by atoms with Crippen molar-refractivity contribution >= 4 is 5.91 Å². The number of piperidine rings is 1. The third kappa shape index (κ3) is 5.37. The van der Waals surface area contributed by atoms with Crippen LogP contribution >= 0.6 is 0 Å². The Bertz CT molecular complexity index is 369. The minimum atomic E-state index is 0.00307. The van der Waals surface area contributed by atoms with Crippen molar-refractivity contribution in [2.45, 2.75) is 44.9 Å². The Morgan fingerprint density at radius 2 is 1.95 bits per heavy atom. The largest absolute Gasteiger partial charge is 0.357 e. The number of likely N-dealkylation sites (tertiary alicyclic amines) is 1. The monoisotopic (exact) mass is 277 g/mol. The van der Waals surface area contributed by atoms with Gasteiger partial charge >= 0.3 is 0 Å². The van der Waals surface area contributed by atoms with Crippen LogP contribution in [0.15, 0.2) is 18.3 Å². The quantitative estimate of drug-likeness (QED) is 0.718. The second-order valence-electron chi connectivity index (χ2n) is 5.66. The molecule has 1 aromatic rings. The van der Waals surface area contributed by atoms with Gasteiger partial charge in [-0.2, -0.15) is 0 Å². The van der Waals surface area contributed by atoms with Crippen LogP contribution in [-0.2, 0) is 0 Å². The Labute approximate surface area is 121 Å². The molecule has 112 valence electrons. The van der Waals surface area contributed by atoms with Crippen LogP contribution in [0.2, 0.25) is 0 Å². The van der Waals surface area contributed by atoms with Gasteiger partial charge in [0.05, 0.1) is 0 Å². The lowest BCUT2D eigenvalue weighted by molar-refractivity contribution is 0.0948. The summed E-state index contributed by atoms with van der Waals surface area (Å²) >= 11 is 0. The van der Waals surface area contributed by atoms with Crippen LogP contribution in [0.3, 0.4) is 0 Å². The first-order valence-corrected chi connectivity index (χ1v) is 8.00. The number of nitrogens with zero attached hydrogens (tertiary/aromatic N) is 1. The van der Waals surface area contributed by atoms with Crippen LogP contribution in [0.4, 0.5) is 0 Å².